The number of nitro groups is 1. The molecule has 1 aliphatic heterocycles. The third kappa shape index (κ3) is 4.62. The zero-order valence-electron chi connectivity index (χ0n) is 16.3. The largest absolute Gasteiger partial charge is 0.321 e. The van der Waals surface area contributed by atoms with E-state index in [0.29, 0.717) is 11.1 Å². The summed E-state index contributed by atoms with van der Waals surface area (Å²) in [5.74, 6) is 0. The molecule has 2 aromatic carbocycles. The summed E-state index contributed by atoms with van der Waals surface area (Å²) >= 11 is 4.37. The van der Waals surface area contributed by atoms with Crippen molar-refractivity contribution < 1.29 is 4.92 Å². The molecule has 4 rings (SSSR count). The fourth-order valence-electron chi connectivity index (χ4n) is 3.62. The number of rotatable bonds is 5. The predicted molar refractivity (Wildman–Crippen MR) is 122 cm³/mol. The van der Waals surface area contributed by atoms with E-state index < -0.39 is 4.92 Å². The number of piperazine rings is 1. The van der Waals surface area contributed by atoms with E-state index in [1.165, 1.54) is 6.07 Å². The van der Waals surface area contributed by atoms with Crippen molar-refractivity contribution in [1.29, 1.82) is 0 Å². The van der Waals surface area contributed by atoms with Gasteiger partial charge in [0, 0.05) is 49.9 Å². The Morgan fingerprint density at radius 1 is 1.03 bits per heavy atom. The van der Waals surface area contributed by atoms with E-state index >= 15 is 0 Å². The summed E-state index contributed by atoms with van der Waals surface area (Å²) in [5, 5.41) is 12.4. The first-order chi connectivity index (χ1) is 14.5. The average molecular weight is 423 g/mol. The molecule has 8 heteroatoms. The number of nitrogens with one attached hydrogen (secondary N) is 1. The smallest absolute Gasteiger partial charge is 0.276 e. The van der Waals surface area contributed by atoms with Crippen molar-refractivity contribution in [2.75, 3.05) is 26.2 Å². The molecular formula is C22H22N4O3S. The molecular weight excluding hydrogens is 400 g/mol. The second-order valence-corrected chi connectivity index (χ2v) is 7.92. The molecule has 1 fully saturated rings. The summed E-state index contributed by atoms with van der Waals surface area (Å²) in [5.41, 5.74) is 2.49. The van der Waals surface area contributed by atoms with Gasteiger partial charge in [-0.25, -0.2) is 0 Å². The van der Waals surface area contributed by atoms with Gasteiger partial charge >= 0.3 is 0 Å². The Hall–Kier alpha value is -2.94. The molecule has 0 bridgehead atoms. The number of nitro benzene ring substituents is 1. The highest BCUT2D eigenvalue weighted by Crippen LogP contribution is 2.24. The molecule has 154 valence electrons. The second-order valence-electron chi connectivity index (χ2n) is 7.35. The van der Waals surface area contributed by atoms with Gasteiger partial charge in [-0.05, 0) is 41.3 Å². The molecule has 2 heterocycles. The molecule has 0 aliphatic carbocycles. The SMILES string of the molecule is O=c1[nH]c2ccccc2cc1/C=C/c1cc(CN2CCN(S)CC2)ccc1[N+](=O)[O-]. The maximum atomic E-state index is 12.4. The first-order valence-electron chi connectivity index (χ1n) is 9.73. The van der Waals surface area contributed by atoms with Crippen molar-refractivity contribution in [3.63, 3.8) is 0 Å². The maximum absolute atomic E-state index is 12.4. The van der Waals surface area contributed by atoms with E-state index in [2.05, 4.69) is 22.7 Å². The van der Waals surface area contributed by atoms with Gasteiger partial charge in [-0.1, -0.05) is 37.1 Å². The van der Waals surface area contributed by atoms with Gasteiger partial charge in [0.1, 0.15) is 0 Å². The Morgan fingerprint density at radius 2 is 1.77 bits per heavy atom. The molecule has 7 nitrogen and oxygen atoms in total. The summed E-state index contributed by atoms with van der Waals surface area (Å²) < 4.78 is 1.99. The molecule has 1 N–H and O–H groups in total. The highest BCUT2D eigenvalue weighted by Gasteiger charge is 2.17. The van der Waals surface area contributed by atoms with Crippen LogP contribution in [0.5, 0.6) is 0 Å². The van der Waals surface area contributed by atoms with Gasteiger partial charge in [-0.2, -0.15) is 0 Å². The fraction of sp³-hybridized carbons (Fsp3) is 0.227. The zero-order valence-corrected chi connectivity index (χ0v) is 17.2. The molecule has 0 spiro atoms. The van der Waals surface area contributed by atoms with E-state index in [0.717, 1.165) is 49.2 Å². The number of H-pyrrole nitrogens is 1. The van der Waals surface area contributed by atoms with E-state index in [-0.39, 0.29) is 11.2 Å². The number of benzene rings is 2. The van der Waals surface area contributed by atoms with Crippen LogP contribution in [-0.2, 0) is 6.54 Å². The first-order valence-corrected chi connectivity index (χ1v) is 10.1. The van der Waals surface area contributed by atoms with Crippen molar-refractivity contribution in [3.05, 3.63) is 85.7 Å². The van der Waals surface area contributed by atoms with Crippen LogP contribution in [0.3, 0.4) is 0 Å². The number of fused-ring (bicyclic) bond motifs is 1. The molecule has 0 radical (unpaired) electrons. The fourth-order valence-corrected chi connectivity index (χ4v) is 3.80. The number of para-hydroxylation sites is 1. The minimum Gasteiger partial charge on any atom is -0.321 e. The lowest BCUT2D eigenvalue weighted by molar-refractivity contribution is -0.385. The number of aromatic amines is 1. The Labute approximate surface area is 179 Å². The number of pyridine rings is 1. The third-order valence-electron chi connectivity index (χ3n) is 5.27. The number of hydrogen-bond acceptors (Lipinski definition) is 6. The summed E-state index contributed by atoms with van der Waals surface area (Å²) in [6, 6.07) is 14.5. The summed E-state index contributed by atoms with van der Waals surface area (Å²) in [7, 11) is 0. The number of aromatic nitrogens is 1. The lowest BCUT2D eigenvalue weighted by atomic mass is 10.1. The van der Waals surface area contributed by atoms with Crippen LogP contribution in [0, 0.1) is 10.1 Å². The highest BCUT2D eigenvalue weighted by atomic mass is 32.1. The Kier molecular flexibility index (Phi) is 5.98. The van der Waals surface area contributed by atoms with Crippen LogP contribution in [0.4, 0.5) is 5.69 Å². The molecule has 0 saturated carbocycles. The van der Waals surface area contributed by atoms with Gasteiger partial charge in [0.2, 0.25) is 0 Å². The molecule has 0 unspecified atom stereocenters. The van der Waals surface area contributed by atoms with Crippen LogP contribution >= 0.6 is 12.8 Å². The molecule has 0 amide bonds. The third-order valence-corrected chi connectivity index (χ3v) is 5.67. The predicted octanol–water partition coefficient (Wildman–Crippen LogP) is 3.57. The summed E-state index contributed by atoms with van der Waals surface area (Å²) in [6.45, 7) is 4.29. The van der Waals surface area contributed by atoms with Crippen LogP contribution < -0.4 is 5.56 Å². The maximum Gasteiger partial charge on any atom is 0.276 e. The second kappa shape index (κ2) is 8.83. The molecule has 1 saturated heterocycles. The average Bonchev–Trinajstić information content (AvgIpc) is 2.74. The minimum absolute atomic E-state index is 0.0207. The number of hydrogen-bond donors (Lipinski definition) is 2. The molecule has 3 aromatic rings. The van der Waals surface area contributed by atoms with Gasteiger partial charge < -0.3 is 4.98 Å². The van der Waals surface area contributed by atoms with E-state index in [4.69, 9.17) is 0 Å². The van der Waals surface area contributed by atoms with Gasteiger partial charge in [0.25, 0.3) is 11.2 Å². The topological polar surface area (TPSA) is 82.5 Å². The van der Waals surface area contributed by atoms with E-state index in [9.17, 15) is 14.9 Å². The standard InChI is InChI=1S/C22H22N4O3S/c27-22-19(14-17-3-1-2-4-20(17)23-22)7-6-18-13-16(5-8-21(18)26(28)29)15-24-9-11-25(30)12-10-24/h1-8,13-14,30H,9-12,15H2,(H,23,27)/b7-6+. The Morgan fingerprint density at radius 3 is 2.53 bits per heavy atom. The molecule has 0 atom stereocenters. The van der Waals surface area contributed by atoms with Gasteiger partial charge in [0.15, 0.2) is 0 Å². The molecule has 1 aromatic heterocycles. The van der Waals surface area contributed by atoms with E-state index in [1.54, 1.807) is 24.3 Å². The van der Waals surface area contributed by atoms with Crippen molar-refractivity contribution in [3.8, 4) is 0 Å². The van der Waals surface area contributed by atoms with Crippen molar-refractivity contribution in [2.24, 2.45) is 0 Å². The number of nitrogens with zero attached hydrogens (tertiary/aromatic N) is 3. The van der Waals surface area contributed by atoms with Crippen LogP contribution in [0.15, 0.2) is 53.3 Å². The van der Waals surface area contributed by atoms with Crippen LogP contribution in [0.2, 0.25) is 0 Å². The van der Waals surface area contributed by atoms with Crippen molar-refractivity contribution in [2.45, 2.75) is 6.54 Å². The Bertz CT molecular complexity index is 1170. The highest BCUT2D eigenvalue weighted by molar-refractivity contribution is 7.77. The summed E-state index contributed by atoms with van der Waals surface area (Å²) in [4.78, 5) is 28.6. The van der Waals surface area contributed by atoms with Crippen LogP contribution in [0.25, 0.3) is 23.1 Å². The van der Waals surface area contributed by atoms with Crippen LogP contribution in [0.1, 0.15) is 16.7 Å². The quantitative estimate of drug-likeness (QED) is 0.373. The van der Waals surface area contributed by atoms with Crippen molar-refractivity contribution >= 4 is 41.6 Å². The normalized spacial score (nSPS) is 15.8. The first kappa shape index (κ1) is 20.3. The molecule has 1 aliphatic rings. The van der Waals surface area contributed by atoms with Gasteiger partial charge in [0.05, 0.1) is 10.5 Å². The number of thiol groups is 1. The zero-order chi connectivity index (χ0) is 21.1. The van der Waals surface area contributed by atoms with Gasteiger partial charge in [-0.3, -0.25) is 24.1 Å². The monoisotopic (exact) mass is 422 g/mol. The lowest BCUT2D eigenvalue weighted by Gasteiger charge is -2.31. The lowest BCUT2D eigenvalue weighted by Crippen LogP contribution is -2.41. The molecule has 30 heavy (non-hydrogen) atoms. The van der Waals surface area contributed by atoms with E-state index in [1.807, 2.05) is 34.6 Å². The van der Waals surface area contributed by atoms with Gasteiger partial charge in [-0.15, -0.1) is 0 Å². The Balaban J connectivity index is 1.62. The summed E-state index contributed by atoms with van der Waals surface area (Å²) in [6.07, 6.45) is 3.28. The van der Waals surface area contributed by atoms with Crippen LogP contribution in [-0.4, -0.2) is 45.3 Å². The van der Waals surface area contributed by atoms with Crippen molar-refractivity contribution in [1.82, 2.24) is 14.2 Å². The minimum atomic E-state index is -0.395.